The summed E-state index contributed by atoms with van der Waals surface area (Å²) in [5.74, 6) is -0.435. The average Bonchev–Trinajstić information content (AvgIpc) is 2.48. The fourth-order valence-electron chi connectivity index (χ4n) is 2.18. The van der Waals surface area contributed by atoms with Gasteiger partial charge in [0.1, 0.15) is 17.9 Å². The molecule has 2 N–H and O–H groups in total. The summed E-state index contributed by atoms with van der Waals surface area (Å²) < 4.78 is 49.3. The van der Waals surface area contributed by atoms with Crippen molar-refractivity contribution in [1.82, 2.24) is 0 Å². The zero-order chi connectivity index (χ0) is 19.2. The molecule has 1 aromatic carbocycles. The largest absolute Gasteiger partial charge is 0.491 e. The number of alkyl halides is 3. The van der Waals surface area contributed by atoms with E-state index in [2.05, 4.69) is 0 Å². The first-order chi connectivity index (χ1) is 11.5. The van der Waals surface area contributed by atoms with Crippen molar-refractivity contribution < 1.29 is 27.4 Å². The van der Waals surface area contributed by atoms with Crippen LogP contribution >= 0.6 is 0 Å². The van der Waals surface area contributed by atoms with E-state index in [1.54, 1.807) is 0 Å². The molecule has 1 rings (SSSR count). The lowest BCUT2D eigenvalue weighted by atomic mass is 10.1. The number of hydrogen-bond acceptors (Lipinski definition) is 4. The molecule has 0 spiro atoms. The molecule has 0 aliphatic rings. The number of rotatable bonds is 8. The smallest absolute Gasteiger partial charge is 0.416 e. The van der Waals surface area contributed by atoms with Gasteiger partial charge >= 0.3 is 12.1 Å². The maximum absolute atomic E-state index is 12.9. The highest BCUT2D eigenvalue weighted by molar-refractivity contribution is 5.92. The van der Waals surface area contributed by atoms with Crippen LogP contribution in [0.25, 0.3) is 0 Å². The Balaban J connectivity index is 3.00. The van der Waals surface area contributed by atoms with Crippen molar-refractivity contribution in [1.29, 1.82) is 0 Å². The molecule has 1 aromatic rings. The molecule has 4 nitrogen and oxygen atoms in total. The Morgan fingerprint density at radius 3 is 2.28 bits per heavy atom. The van der Waals surface area contributed by atoms with E-state index in [1.807, 2.05) is 27.7 Å². The van der Waals surface area contributed by atoms with Gasteiger partial charge in [-0.2, -0.15) is 13.2 Å². The van der Waals surface area contributed by atoms with Crippen LogP contribution in [0.3, 0.4) is 0 Å². The number of halogens is 3. The number of benzene rings is 1. The minimum Gasteiger partial charge on any atom is -0.491 e. The maximum atomic E-state index is 12.9. The molecule has 1 unspecified atom stereocenters. The van der Waals surface area contributed by atoms with Crippen molar-refractivity contribution in [2.24, 2.45) is 17.6 Å². The summed E-state index contributed by atoms with van der Waals surface area (Å²) >= 11 is 0. The van der Waals surface area contributed by atoms with Gasteiger partial charge in [-0.15, -0.1) is 0 Å². The first kappa shape index (κ1) is 21.3. The molecular formula is C18H26F3NO3. The summed E-state index contributed by atoms with van der Waals surface area (Å²) in [6.45, 7) is 7.89. The normalized spacial score (nSPS) is 13.2. The molecule has 0 fully saturated rings. The lowest BCUT2D eigenvalue weighted by Crippen LogP contribution is -2.29. The third-order valence-electron chi connectivity index (χ3n) is 3.30. The Kier molecular flexibility index (Phi) is 7.73. The van der Waals surface area contributed by atoms with Crippen LogP contribution in [0.1, 0.15) is 50.0 Å². The van der Waals surface area contributed by atoms with Gasteiger partial charge in [0, 0.05) is 6.04 Å². The van der Waals surface area contributed by atoms with Crippen LogP contribution in [0.15, 0.2) is 18.2 Å². The fourth-order valence-corrected chi connectivity index (χ4v) is 2.18. The van der Waals surface area contributed by atoms with E-state index in [9.17, 15) is 18.0 Å². The van der Waals surface area contributed by atoms with Gasteiger partial charge in [0.15, 0.2) is 0 Å². The van der Waals surface area contributed by atoms with Gasteiger partial charge in [-0.05, 0) is 36.5 Å². The zero-order valence-corrected chi connectivity index (χ0v) is 15.0. The minimum atomic E-state index is -4.53. The van der Waals surface area contributed by atoms with E-state index in [0.717, 1.165) is 18.2 Å². The summed E-state index contributed by atoms with van der Waals surface area (Å²) in [6.07, 6.45) is -3.87. The first-order valence-corrected chi connectivity index (χ1v) is 8.27. The summed E-state index contributed by atoms with van der Waals surface area (Å²) in [5.41, 5.74) is 4.98. The molecular weight excluding hydrogens is 335 g/mol. The Hall–Kier alpha value is -1.76. The predicted octanol–water partition coefficient (Wildman–Crippen LogP) is 4.27. The molecule has 1 atom stereocenters. The lowest BCUT2D eigenvalue weighted by molar-refractivity contribution is -0.137. The van der Waals surface area contributed by atoms with Crippen LogP contribution in [0.2, 0.25) is 0 Å². The Morgan fingerprint density at radius 1 is 1.12 bits per heavy atom. The maximum Gasteiger partial charge on any atom is 0.416 e. The number of ether oxygens (including phenoxy) is 2. The van der Waals surface area contributed by atoms with E-state index < -0.39 is 17.7 Å². The van der Waals surface area contributed by atoms with Gasteiger partial charge in [0.2, 0.25) is 0 Å². The van der Waals surface area contributed by atoms with Gasteiger partial charge < -0.3 is 15.2 Å². The van der Waals surface area contributed by atoms with Crippen LogP contribution < -0.4 is 10.5 Å². The Bertz CT molecular complexity index is 571. The number of carbonyl (C=O) groups is 1. The van der Waals surface area contributed by atoms with Crippen molar-refractivity contribution in [3.05, 3.63) is 29.3 Å². The summed E-state index contributed by atoms with van der Waals surface area (Å²) in [4.78, 5) is 12.1. The van der Waals surface area contributed by atoms with Gasteiger partial charge in [0.25, 0.3) is 0 Å². The van der Waals surface area contributed by atoms with Crippen molar-refractivity contribution in [3.8, 4) is 5.75 Å². The molecule has 7 heteroatoms. The predicted molar refractivity (Wildman–Crippen MR) is 89.5 cm³/mol. The average molecular weight is 361 g/mol. The number of hydrogen-bond donors (Lipinski definition) is 1. The molecule has 0 aliphatic heterocycles. The van der Waals surface area contributed by atoms with Crippen molar-refractivity contribution in [3.63, 3.8) is 0 Å². The molecule has 142 valence electrons. The SMILES string of the molecule is CC(C)COC(=O)c1ccc(C(F)(F)F)cc1OCC(N)CC(C)C. The summed E-state index contributed by atoms with van der Waals surface area (Å²) in [6, 6.07) is 2.39. The molecule has 0 aliphatic carbocycles. The van der Waals surface area contributed by atoms with E-state index in [-0.39, 0.29) is 36.5 Å². The quantitative estimate of drug-likeness (QED) is 0.703. The highest BCUT2D eigenvalue weighted by Gasteiger charge is 2.32. The molecule has 0 aromatic heterocycles. The third kappa shape index (κ3) is 7.34. The van der Waals surface area contributed by atoms with Crippen LogP contribution in [-0.2, 0) is 10.9 Å². The van der Waals surface area contributed by atoms with Crippen LogP contribution in [0.4, 0.5) is 13.2 Å². The van der Waals surface area contributed by atoms with Gasteiger partial charge in [-0.1, -0.05) is 27.7 Å². The topological polar surface area (TPSA) is 61.5 Å². The van der Waals surface area contributed by atoms with Gasteiger partial charge in [-0.25, -0.2) is 4.79 Å². The van der Waals surface area contributed by atoms with E-state index in [1.165, 1.54) is 0 Å². The van der Waals surface area contributed by atoms with Crippen molar-refractivity contribution in [2.45, 2.75) is 46.3 Å². The summed E-state index contributed by atoms with van der Waals surface area (Å²) in [7, 11) is 0. The first-order valence-electron chi connectivity index (χ1n) is 8.27. The van der Waals surface area contributed by atoms with Crippen molar-refractivity contribution in [2.75, 3.05) is 13.2 Å². The molecule has 0 saturated heterocycles. The molecule has 25 heavy (non-hydrogen) atoms. The molecule has 0 bridgehead atoms. The Labute approximate surface area is 146 Å². The number of carbonyl (C=O) groups excluding carboxylic acids is 1. The third-order valence-corrected chi connectivity index (χ3v) is 3.30. The van der Waals surface area contributed by atoms with Crippen LogP contribution in [0.5, 0.6) is 5.75 Å². The Morgan fingerprint density at radius 2 is 1.76 bits per heavy atom. The fraction of sp³-hybridized carbons (Fsp3) is 0.611. The standard InChI is InChI=1S/C18H26F3NO3/c1-11(2)7-14(22)10-24-16-8-13(18(19,20)21)5-6-15(16)17(23)25-9-12(3)4/h5-6,8,11-12,14H,7,9-10,22H2,1-4H3. The highest BCUT2D eigenvalue weighted by Crippen LogP contribution is 2.33. The second-order valence-corrected chi connectivity index (χ2v) is 6.90. The monoisotopic (exact) mass is 361 g/mol. The zero-order valence-electron chi connectivity index (χ0n) is 15.0. The van der Waals surface area contributed by atoms with Gasteiger partial charge in [0.05, 0.1) is 12.2 Å². The minimum absolute atomic E-state index is 0.0178. The molecule has 0 saturated carbocycles. The van der Waals surface area contributed by atoms with E-state index >= 15 is 0 Å². The highest BCUT2D eigenvalue weighted by atomic mass is 19.4. The molecule has 0 heterocycles. The molecule has 0 radical (unpaired) electrons. The number of esters is 1. The second kappa shape index (κ2) is 9.08. The van der Waals surface area contributed by atoms with E-state index in [0.29, 0.717) is 12.3 Å². The summed E-state index contributed by atoms with van der Waals surface area (Å²) in [5, 5.41) is 0. The van der Waals surface area contributed by atoms with Crippen molar-refractivity contribution >= 4 is 5.97 Å². The van der Waals surface area contributed by atoms with Crippen LogP contribution in [-0.4, -0.2) is 25.2 Å². The lowest BCUT2D eigenvalue weighted by Gasteiger charge is -2.18. The number of nitrogens with two attached hydrogens (primary N) is 1. The molecule has 0 amide bonds. The van der Waals surface area contributed by atoms with E-state index in [4.69, 9.17) is 15.2 Å². The second-order valence-electron chi connectivity index (χ2n) is 6.90. The van der Waals surface area contributed by atoms with Gasteiger partial charge in [-0.3, -0.25) is 0 Å². The van der Waals surface area contributed by atoms with Crippen LogP contribution in [0, 0.1) is 11.8 Å².